The lowest BCUT2D eigenvalue weighted by Gasteiger charge is -2.06. The molecular weight excluding hydrogens is 240 g/mol. The van der Waals surface area contributed by atoms with Crippen molar-refractivity contribution in [3.63, 3.8) is 0 Å². The maximum atomic E-state index is 13.6. The lowest BCUT2D eigenvalue weighted by Crippen LogP contribution is -1.93. The molecule has 17 heavy (non-hydrogen) atoms. The van der Waals surface area contributed by atoms with E-state index in [1.54, 1.807) is 0 Å². The van der Waals surface area contributed by atoms with Crippen molar-refractivity contribution >= 4 is 17.4 Å². The third-order valence-corrected chi connectivity index (χ3v) is 3.31. The highest BCUT2D eigenvalue weighted by Gasteiger charge is 2.11. The second-order valence-electron chi connectivity index (χ2n) is 3.73. The Kier molecular flexibility index (Phi) is 3.33. The third-order valence-electron chi connectivity index (χ3n) is 2.23. The monoisotopic (exact) mass is 251 g/mol. The summed E-state index contributed by atoms with van der Waals surface area (Å²) in [6.07, 6.45) is 0. The smallest absolute Gasteiger partial charge is 0.142 e. The van der Waals surface area contributed by atoms with Crippen LogP contribution in [-0.4, -0.2) is 0 Å². The van der Waals surface area contributed by atoms with Crippen molar-refractivity contribution in [3.8, 4) is 0 Å². The average molecular weight is 251 g/mol. The molecule has 0 aliphatic rings. The molecule has 4 heteroatoms. The molecule has 0 atom stereocenters. The van der Waals surface area contributed by atoms with Gasteiger partial charge in [0.1, 0.15) is 11.6 Å². The van der Waals surface area contributed by atoms with Gasteiger partial charge in [0.05, 0.1) is 4.90 Å². The first kappa shape index (κ1) is 11.9. The summed E-state index contributed by atoms with van der Waals surface area (Å²) < 4.78 is 27.1. The zero-order valence-electron chi connectivity index (χ0n) is 9.21. The maximum absolute atomic E-state index is 13.6. The van der Waals surface area contributed by atoms with Crippen molar-refractivity contribution in [3.05, 3.63) is 53.6 Å². The van der Waals surface area contributed by atoms with Crippen molar-refractivity contribution in [1.82, 2.24) is 0 Å². The summed E-state index contributed by atoms with van der Waals surface area (Å²) in [6, 6.07) is 9.72. The average Bonchev–Trinajstić information content (AvgIpc) is 2.23. The first-order valence-corrected chi connectivity index (χ1v) is 5.87. The molecule has 2 rings (SSSR count). The van der Waals surface area contributed by atoms with Crippen LogP contribution in [0.3, 0.4) is 0 Å². The number of hydrogen-bond acceptors (Lipinski definition) is 2. The Morgan fingerprint density at radius 2 is 1.71 bits per heavy atom. The predicted molar refractivity (Wildman–Crippen MR) is 66.1 cm³/mol. The summed E-state index contributed by atoms with van der Waals surface area (Å²) in [4.78, 5) is 0.775. The van der Waals surface area contributed by atoms with Crippen molar-refractivity contribution in [2.45, 2.75) is 16.7 Å². The van der Waals surface area contributed by atoms with E-state index >= 15 is 0 Å². The maximum Gasteiger partial charge on any atom is 0.142 e. The van der Waals surface area contributed by atoms with E-state index in [2.05, 4.69) is 0 Å². The molecule has 88 valence electrons. The van der Waals surface area contributed by atoms with Gasteiger partial charge in [-0.25, -0.2) is 8.78 Å². The van der Waals surface area contributed by atoms with E-state index in [1.165, 1.54) is 0 Å². The summed E-state index contributed by atoms with van der Waals surface area (Å²) in [5.41, 5.74) is 6.50. The molecule has 0 amide bonds. The lowest BCUT2D eigenvalue weighted by molar-refractivity contribution is 0.542. The summed E-state index contributed by atoms with van der Waals surface area (Å²) >= 11 is 1.06. The topological polar surface area (TPSA) is 26.0 Å². The molecular formula is C13H11F2NS. The Labute approximate surface area is 103 Å². The molecule has 2 aromatic carbocycles. The molecule has 0 aliphatic carbocycles. The fraction of sp³-hybridized carbons (Fsp3) is 0.0769. The Balaban J connectivity index is 2.36. The zero-order chi connectivity index (χ0) is 12.4. The summed E-state index contributed by atoms with van der Waals surface area (Å²) in [6.45, 7) is 1.93. The normalized spacial score (nSPS) is 10.5. The summed E-state index contributed by atoms with van der Waals surface area (Å²) in [7, 11) is 0. The van der Waals surface area contributed by atoms with Crippen LogP contribution in [0.5, 0.6) is 0 Å². The van der Waals surface area contributed by atoms with Gasteiger partial charge in [0.15, 0.2) is 0 Å². The molecule has 0 aliphatic heterocycles. The van der Waals surface area contributed by atoms with Crippen LogP contribution in [-0.2, 0) is 0 Å². The molecule has 0 fully saturated rings. The van der Waals surface area contributed by atoms with Gasteiger partial charge in [-0.05, 0) is 31.2 Å². The van der Waals surface area contributed by atoms with Gasteiger partial charge in [0.2, 0.25) is 0 Å². The Bertz CT molecular complexity index is 532. The van der Waals surface area contributed by atoms with Crippen LogP contribution >= 0.6 is 11.8 Å². The van der Waals surface area contributed by atoms with Gasteiger partial charge in [0, 0.05) is 10.6 Å². The Morgan fingerprint density at radius 1 is 1.06 bits per heavy atom. The standard InChI is InChI=1S/C13H11F2NS/c1-8-3-2-4-10(5-8)17-13-11(14)6-9(16)7-12(13)15/h2-7H,16H2,1H3. The van der Waals surface area contributed by atoms with Crippen molar-refractivity contribution in [2.24, 2.45) is 0 Å². The minimum absolute atomic E-state index is 0.0233. The van der Waals surface area contributed by atoms with Gasteiger partial charge >= 0.3 is 0 Å². The number of benzene rings is 2. The van der Waals surface area contributed by atoms with Crippen molar-refractivity contribution in [2.75, 3.05) is 5.73 Å². The van der Waals surface area contributed by atoms with E-state index in [-0.39, 0.29) is 10.6 Å². The largest absolute Gasteiger partial charge is 0.399 e. The highest BCUT2D eigenvalue weighted by atomic mass is 32.2. The van der Waals surface area contributed by atoms with Crippen LogP contribution in [0.2, 0.25) is 0 Å². The van der Waals surface area contributed by atoms with Gasteiger partial charge in [-0.1, -0.05) is 29.5 Å². The summed E-state index contributed by atoms with van der Waals surface area (Å²) in [5.74, 6) is -1.26. The lowest BCUT2D eigenvalue weighted by atomic mass is 10.2. The first-order valence-electron chi connectivity index (χ1n) is 5.05. The minimum atomic E-state index is -0.631. The van der Waals surface area contributed by atoms with E-state index in [0.717, 1.165) is 34.4 Å². The molecule has 0 radical (unpaired) electrons. The van der Waals surface area contributed by atoms with Crippen LogP contribution in [0.4, 0.5) is 14.5 Å². The number of nitrogen functional groups attached to an aromatic ring is 1. The van der Waals surface area contributed by atoms with Gasteiger partial charge in [-0.15, -0.1) is 0 Å². The minimum Gasteiger partial charge on any atom is -0.399 e. The number of rotatable bonds is 2. The molecule has 0 unspecified atom stereocenters. The molecule has 2 N–H and O–H groups in total. The Hall–Kier alpha value is -1.55. The van der Waals surface area contributed by atoms with Crippen molar-refractivity contribution in [1.29, 1.82) is 0 Å². The van der Waals surface area contributed by atoms with Crippen LogP contribution in [0.1, 0.15) is 5.56 Å². The fourth-order valence-electron chi connectivity index (χ4n) is 1.47. The molecule has 1 nitrogen and oxygen atoms in total. The number of halogens is 2. The third kappa shape index (κ3) is 2.77. The van der Waals surface area contributed by atoms with Gasteiger partial charge in [-0.3, -0.25) is 0 Å². The Morgan fingerprint density at radius 3 is 2.29 bits per heavy atom. The van der Waals surface area contributed by atoms with Gasteiger partial charge < -0.3 is 5.73 Å². The van der Waals surface area contributed by atoms with E-state index in [0.29, 0.717) is 0 Å². The molecule has 0 heterocycles. The quantitative estimate of drug-likeness (QED) is 0.816. The van der Waals surface area contributed by atoms with Crippen LogP contribution in [0.25, 0.3) is 0 Å². The summed E-state index contributed by atoms with van der Waals surface area (Å²) in [5, 5.41) is 0. The second-order valence-corrected chi connectivity index (χ2v) is 4.82. The number of anilines is 1. The number of aryl methyl sites for hydroxylation is 1. The van der Waals surface area contributed by atoms with E-state index < -0.39 is 11.6 Å². The molecule has 0 saturated heterocycles. The van der Waals surface area contributed by atoms with Crippen LogP contribution < -0.4 is 5.73 Å². The zero-order valence-corrected chi connectivity index (χ0v) is 10.0. The van der Waals surface area contributed by atoms with Crippen LogP contribution in [0.15, 0.2) is 46.2 Å². The van der Waals surface area contributed by atoms with E-state index in [9.17, 15) is 8.78 Å². The van der Waals surface area contributed by atoms with Crippen molar-refractivity contribution < 1.29 is 8.78 Å². The van der Waals surface area contributed by atoms with E-state index in [4.69, 9.17) is 5.73 Å². The highest BCUT2D eigenvalue weighted by molar-refractivity contribution is 7.99. The second kappa shape index (κ2) is 4.75. The van der Waals surface area contributed by atoms with Gasteiger partial charge in [-0.2, -0.15) is 0 Å². The van der Waals surface area contributed by atoms with Crippen LogP contribution in [0, 0.1) is 18.6 Å². The van der Waals surface area contributed by atoms with E-state index in [1.807, 2.05) is 31.2 Å². The predicted octanol–water partition coefficient (Wildman–Crippen LogP) is 4.01. The SMILES string of the molecule is Cc1cccc(Sc2c(F)cc(N)cc2F)c1. The molecule has 2 aromatic rings. The number of hydrogen-bond donors (Lipinski definition) is 1. The first-order chi connectivity index (χ1) is 8.06. The highest BCUT2D eigenvalue weighted by Crippen LogP contribution is 2.33. The molecule has 0 saturated carbocycles. The molecule has 0 aromatic heterocycles. The number of nitrogens with two attached hydrogens (primary N) is 1. The van der Waals surface area contributed by atoms with Gasteiger partial charge in [0.25, 0.3) is 0 Å². The molecule has 0 bridgehead atoms. The molecule has 0 spiro atoms. The fourth-order valence-corrected chi connectivity index (χ4v) is 2.41.